The van der Waals surface area contributed by atoms with Crippen molar-refractivity contribution in [2.24, 2.45) is 0 Å². The van der Waals surface area contributed by atoms with Gasteiger partial charge in [-0.2, -0.15) is 13.2 Å². The predicted octanol–water partition coefficient (Wildman–Crippen LogP) is 2.62. The highest BCUT2D eigenvalue weighted by Crippen LogP contribution is 2.34. The normalized spacial score (nSPS) is 25.7. The molecule has 2 fully saturated rings. The SMILES string of the molecule is CCN1CCC2(CCC1=O)CN(c1ccc(C(F)(F)F)cn1)CCN2C. The fraction of sp³-hybridized carbons (Fsp3) is 0.667. The molecule has 8 heteroatoms. The number of carbonyl (C=O) groups is 1. The average Bonchev–Trinajstić information content (AvgIpc) is 2.77. The molecule has 3 rings (SSSR count). The molecule has 0 N–H and O–H groups in total. The Balaban J connectivity index is 1.78. The van der Waals surface area contributed by atoms with Gasteiger partial charge in [0.05, 0.1) is 5.56 Å². The smallest absolute Gasteiger partial charge is 0.353 e. The number of hydrogen-bond donors (Lipinski definition) is 0. The molecule has 144 valence electrons. The first-order chi connectivity index (χ1) is 12.2. The van der Waals surface area contributed by atoms with Crippen LogP contribution < -0.4 is 4.90 Å². The third kappa shape index (κ3) is 3.65. The summed E-state index contributed by atoms with van der Waals surface area (Å²) in [7, 11) is 2.07. The second kappa shape index (κ2) is 7.06. The Bertz CT molecular complexity index is 649. The van der Waals surface area contributed by atoms with E-state index in [-0.39, 0.29) is 11.4 Å². The summed E-state index contributed by atoms with van der Waals surface area (Å²) >= 11 is 0. The molecule has 0 saturated carbocycles. The number of piperazine rings is 1. The number of alkyl halides is 3. The lowest BCUT2D eigenvalue weighted by atomic mass is 9.86. The standard InChI is InChI=1S/C18H25F3N4O/c1-3-24-9-8-17(7-6-16(24)26)13-25(11-10-23(17)2)15-5-4-14(12-22-15)18(19,20)21/h4-5,12H,3,6-11,13H2,1-2H3. The van der Waals surface area contributed by atoms with Crippen molar-refractivity contribution in [1.29, 1.82) is 0 Å². The molecule has 0 bridgehead atoms. The van der Waals surface area contributed by atoms with E-state index in [0.29, 0.717) is 38.4 Å². The lowest BCUT2D eigenvalue weighted by Gasteiger charge is -2.49. The summed E-state index contributed by atoms with van der Waals surface area (Å²) in [5, 5.41) is 0. The maximum atomic E-state index is 12.8. The summed E-state index contributed by atoms with van der Waals surface area (Å²) in [5.41, 5.74) is -0.883. The number of carbonyl (C=O) groups excluding carboxylic acids is 1. The van der Waals surface area contributed by atoms with Crippen molar-refractivity contribution < 1.29 is 18.0 Å². The first-order valence-electron chi connectivity index (χ1n) is 9.02. The Morgan fingerprint density at radius 3 is 2.58 bits per heavy atom. The van der Waals surface area contributed by atoms with Gasteiger partial charge in [0.15, 0.2) is 0 Å². The summed E-state index contributed by atoms with van der Waals surface area (Å²) in [6.07, 6.45) is -1.35. The van der Waals surface area contributed by atoms with Crippen molar-refractivity contribution in [3.8, 4) is 0 Å². The van der Waals surface area contributed by atoms with Gasteiger partial charge >= 0.3 is 6.18 Å². The number of rotatable bonds is 2. The van der Waals surface area contributed by atoms with Crippen LogP contribution in [0, 0.1) is 0 Å². The van der Waals surface area contributed by atoms with Crippen LogP contribution in [-0.4, -0.2) is 66.0 Å². The number of nitrogens with zero attached hydrogens (tertiary/aromatic N) is 4. The van der Waals surface area contributed by atoms with Crippen LogP contribution in [0.25, 0.3) is 0 Å². The Morgan fingerprint density at radius 1 is 1.19 bits per heavy atom. The maximum absolute atomic E-state index is 12.8. The lowest BCUT2D eigenvalue weighted by Crippen LogP contribution is -2.61. The van der Waals surface area contributed by atoms with Gasteiger partial charge in [0.1, 0.15) is 5.82 Å². The number of amides is 1. The Morgan fingerprint density at radius 2 is 1.96 bits per heavy atom. The van der Waals surface area contributed by atoms with Gasteiger partial charge in [-0.05, 0) is 38.9 Å². The van der Waals surface area contributed by atoms with Gasteiger partial charge in [-0.1, -0.05) is 0 Å². The predicted molar refractivity (Wildman–Crippen MR) is 92.9 cm³/mol. The van der Waals surface area contributed by atoms with E-state index in [2.05, 4.69) is 16.9 Å². The van der Waals surface area contributed by atoms with Crippen molar-refractivity contribution in [3.05, 3.63) is 23.9 Å². The Labute approximate surface area is 151 Å². The lowest BCUT2D eigenvalue weighted by molar-refractivity contribution is -0.137. The van der Waals surface area contributed by atoms with E-state index >= 15 is 0 Å². The van der Waals surface area contributed by atoms with Crippen molar-refractivity contribution in [2.75, 3.05) is 44.7 Å². The van der Waals surface area contributed by atoms with E-state index in [0.717, 1.165) is 31.6 Å². The van der Waals surface area contributed by atoms with E-state index < -0.39 is 11.7 Å². The van der Waals surface area contributed by atoms with Gasteiger partial charge < -0.3 is 9.80 Å². The topological polar surface area (TPSA) is 39.7 Å². The number of likely N-dealkylation sites (N-methyl/N-ethyl adjacent to an activating group) is 1. The zero-order valence-corrected chi connectivity index (χ0v) is 15.2. The second-order valence-corrected chi connectivity index (χ2v) is 7.19. The fourth-order valence-electron chi connectivity index (χ4n) is 3.96. The highest BCUT2D eigenvalue weighted by molar-refractivity contribution is 5.76. The molecule has 3 heterocycles. The quantitative estimate of drug-likeness (QED) is 0.802. The molecule has 1 spiro atoms. The minimum atomic E-state index is -4.37. The van der Waals surface area contributed by atoms with E-state index in [1.165, 1.54) is 6.07 Å². The van der Waals surface area contributed by atoms with Crippen LogP contribution in [0.15, 0.2) is 18.3 Å². The van der Waals surface area contributed by atoms with Gasteiger partial charge in [0, 0.05) is 50.9 Å². The molecule has 2 aliphatic rings. The van der Waals surface area contributed by atoms with Gasteiger partial charge in [0.25, 0.3) is 0 Å². The summed E-state index contributed by atoms with van der Waals surface area (Å²) in [4.78, 5) is 22.5. The molecule has 1 atom stereocenters. The molecule has 26 heavy (non-hydrogen) atoms. The second-order valence-electron chi connectivity index (χ2n) is 7.19. The molecule has 1 aromatic rings. The van der Waals surface area contributed by atoms with Gasteiger partial charge in [-0.15, -0.1) is 0 Å². The summed E-state index contributed by atoms with van der Waals surface area (Å²) in [5.74, 6) is 0.746. The van der Waals surface area contributed by atoms with E-state index in [4.69, 9.17) is 0 Å². The maximum Gasteiger partial charge on any atom is 0.417 e. The van der Waals surface area contributed by atoms with Gasteiger partial charge in [-0.3, -0.25) is 9.69 Å². The van der Waals surface area contributed by atoms with Crippen molar-refractivity contribution in [3.63, 3.8) is 0 Å². The molecule has 0 aromatic carbocycles. The first kappa shape index (κ1) is 18.9. The molecular weight excluding hydrogens is 345 g/mol. The van der Waals surface area contributed by atoms with Crippen molar-refractivity contribution >= 4 is 11.7 Å². The molecule has 2 aliphatic heterocycles. The minimum absolute atomic E-state index is 0.151. The summed E-state index contributed by atoms with van der Waals surface area (Å²) in [6.45, 7) is 5.59. The number of hydrogen-bond acceptors (Lipinski definition) is 4. The van der Waals surface area contributed by atoms with Gasteiger partial charge in [0.2, 0.25) is 5.91 Å². The van der Waals surface area contributed by atoms with Crippen molar-refractivity contribution in [2.45, 2.75) is 37.9 Å². The van der Waals surface area contributed by atoms with Crippen LogP contribution in [0.4, 0.5) is 19.0 Å². The molecule has 2 saturated heterocycles. The molecule has 1 aromatic heterocycles. The molecule has 1 amide bonds. The molecular formula is C18H25F3N4O. The first-order valence-corrected chi connectivity index (χ1v) is 9.02. The molecule has 0 aliphatic carbocycles. The van der Waals surface area contributed by atoms with Gasteiger partial charge in [-0.25, -0.2) is 4.98 Å². The average molecular weight is 370 g/mol. The minimum Gasteiger partial charge on any atom is -0.353 e. The number of likely N-dealkylation sites (tertiary alicyclic amines) is 1. The van der Waals surface area contributed by atoms with Crippen LogP contribution in [0.3, 0.4) is 0 Å². The van der Waals surface area contributed by atoms with Crippen LogP contribution >= 0.6 is 0 Å². The van der Waals surface area contributed by atoms with Crippen molar-refractivity contribution in [1.82, 2.24) is 14.8 Å². The summed E-state index contributed by atoms with van der Waals surface area (Å²) < 4.78 is 38.3. The van der Waals surface area contributed by atoms with E-state index in [1.54, 1.807) is 0 Å². The third-order valence-corrected chi connectivity index (χ3v) is 5.79. The monoisotopic (exact) mass is 370 g/mol. The van der Waals surface area contributed by atoms with Crippen LogP contribution in [0.2, 0.25) is 0 Å². The largest absolute Gasteiger partial charge is 0.417 e. The van der Waals surface area contributed by atoms with Crippen LogP contribution in [0.1, 0.15) is 31.7 Å². The highest BCUT2D eigenvalue weighted by Gasteiger charge is 2.42. The number of halogens is 3. The summed E-state index contributed by atoms with van der Waals surface area (Å²) in [6, 6.07) is 2.53. The fourth-order valence-corrected chi connectivity index (χ4v) is 3.96. The van der Waals surface area contributed by atoms with Crippen LogP contribution in [-0.2, 0) is 11.0 Å². The highest BCUT2D eigenvalue weighted by atomic mass is 19.4. The third-order valence-electron chi connectivity index (χ3n) is 5.79. The molecule has 0 radical (unpaired) electrons. The Kier molecular flexibility index (Phi) is 5.14. The number of pyridine rings is 1. The van der Waals surface area contributed by atoms with E-state index in [9.17, 15) is 18.0 Å². The molecule has 1 unspecified atom stereocenters. The molecule has 5 nitrogen and oxygen atoms in total. The van der Waals surface area contributed by atoms with Crippen LogP contribution in [0.5, 0.6) is 0 Å². The Hall–Kier alpha value is -1.83. The van der Waals surface area contributed by atoms with E-state index in [1.807, 2.05) is 16.7 Å². The zero-order valence-electron chi connectivity index (χ0n) is 15.2. The zero-order chi connectivity index (χ0) is 18.9. The number of aromatic nitrogens is 1. The number of anilines is 1.